The number of methoxy groups -OCH3 is 1. The van der Waals surface area contributed by atoms with Crippen LogP contribution in [0.3, 0.4) is 0 Å². The molecule has 120 valence electrons. The van der Waals surface area contributed by atoms with E-state index in [1.165, 1.54) is 31.4 Å². The van der Waals surface area contributed by atoms with Crippen LogP contribution in [-0.4, -0.2) is 18.9 Å². The maximum atomic E-state index is 12.4. The van der Waals surface area contributed by atoms with Crippen molar-refractivity contribution in [3.8, 4) is 6.07 Å². The van der Waals surface area contributed by atoms with Gasteiger partial charge in [-0.05, 0) is 42.0 Å². The Kier molecular flexibility index (Phi) is 5.75. The number of carbonyl (C=O) groups excluding carboxylic acids is 2. The SMILES string of the molecule is COC(=O)c1ccc(/C=C(\C#N)C(=O)c2ccc(Cl)cc2Cl)cc1. The molecule has 0 aliphatic rings. The number of nitrogens with zero attached hydrogens (tertiary/aromatic N) is 1. The lowest BCUT2D eigenvalue weighted by atomic mass is 10.0. The number of carbonyl (C=O) groups is 2. The summed E-state index contributed by atoms with van der Waals surface area (Å²) in [6.07, 6.45) is 1.42. The molecule has 0 N–H and O–H groups in total. The number of hydrogen-bond acceptors (Lipinski definition) is 4. The molecule has 24 heavy (non-hydrogen) atoms. The van der Waals surface area contributed by atoms with E-state index in [4.69, 9.17) is 23.2 Å². The van der Waals surface area contributed by atoms with Crippen LogP contribution in [-0.2, 0) is 4.74 Å². The molecule has 0 amide bonds. The Bertz CT molecular complexity index is 865. The van der Waals surface area contributed by atoms with Crippen molar-refractivity contribution in [3.63, 3.8) is 0 Å². The molecule has 0 saturated carbocycles. The highest BCUT2D eigenvalue weighted by atomic mass is 35.5. The second-order valence-corrected chi connectivity index (χ2v) is 5.58. The van der Waals surface area contributed by atoms with Crippen LogP contribution in [0.4, 0.5) is 0 Å². The quantitative estimate of drug-likeness (QED) is 0.347. The summed E-state index contributed by atoms with van der Waals surface area (Å²) in [6, 6.07) is 12.6. The molecule has 0 fully saturated rings. The molecule has 0 bridgehead atoms. The molecule has 0 spiro atoms. The number of nitriles is 1. The highest BCUT2D eigenvalue weighted by Gasteiger charge is 2.16. The van der Waals surface area contributed by atoms with E-state index >= 15 is 0 Å². The molecule has 0 saturated heterocycles. The highest BCUT2D eigenvalue weighted by molar-refractivity contribution is 6.37. The van der Waals surface area contributed by atoms with Crippen LogP contribution >= 0.6 is 23.2 Å². The summed E-state index contributed by atoms with van der Waals surface area (Å²) >= 11 is 11.8. The van der Waals surface area contributed by atoms with E-state index < -0.39 is 11.8 Å². The Hall–Kier alpha value is -2.61. The van der Waals surface area contributed by atoms with Crippen molar-refractivity contribution in [3.05, 3.63) is 74.8 Å². The lowest BCUT2D eigenvalue weighted by molar-refractivity contribution is 0.0600. The maximum Gasteiger partial charge on any atom is 0.337 e. The lowest BCUT2D eigenvalue weighted by Crippen LogP contribution is -2.03. The molecule has 0 heterocycles. The molecule has 0 aliphatic carbocycles. The zero-order valence-corrected chi connectivity index (χ0v) is 14.1. The van der Waals surface area contributed by atoms with Gasteiger partial charge in [0.2, 0.25) is 5.78 Å². The van der Waals surface area contributed by atoms with Crippen LogP contribution in [0.25, 0.3) is 6.08 Å². The van der Waals surface area contributed by atoms with Gasteiger partial charge in [-0.15, -0.1) is 0 Å². The summed E-state index contributed by atoms with van der Waals surface area (Å²) in [5, 5.41) is 9.84. The van der Waals surface area contributed by atoms with Gasteiger partial charge in [0.15, 0.2) is 0 Å². The van der Waals surface area contributed by atoms with E-state index in [0.29, 0.717) is 16.1 Å². The number of ketones is 1. The monoisotopic (exact) mass is 359 g/mol. The average molecular weight is 360 g/mol. The molecule has 2 aromatic rings. The number of benzene rings is 2. The first kappa shape index (κ1) is 17.7. The zero-order chi connectivity index (χ0) is 17.7. The van der Waals surface area contributed by atoms with Crippen LogP contribution in [0, 0.1) is 11.3 Å². The van der Waals surface area contributed by atoms with Crippen molar-refractivity contribution in [2.75, 3.05) is 7.11 Å². The van der Waals surface area contributed by atoms with Crippen LogP contribution < -0.4 is 0 Å². The topological polar surface area (TPSA) is 67.2 Å². The van der Waals surface area contributed by atoms with Gasteiger partial charge in [0, 0.05) is 10.6 Å². The third kappa shape index (κ3) is 4.02. The Balaban J connectivity index is 2.33. The number of esters is 1. The summed E-state index contributed by atoms with van der Waals surface area (Å²) in [6.45, 7) is 0. The average Bonchev–Trinajstić information content (AvgIpc) is 2.59. The summed E-state index contributed by atoms with van der Waals surface area (Å²) in [5.74, 6) is -0.966. The minimum atomic E-state index is -0.504. The summed E-state index contributed by atoms with van der Waals surface area (Å²) in [4.78, 5) is 23.8. The minimum Gasteiger partial charge on any atom is -0.465 e. The third-order valence-corrected chi connectivity index (χ3v) is 3.73. The normalized spacial score (nSPS) is 10.8. The fourth-order valence-corrected chi connectivity index (χ4v) is 2.46. The fraction of sp³-hybridized carbons (Fsp3) is 0.0556. The minimum absolute atomic E-state index is 0.0787. The molecule has 0 atom stereocenters. The van der Waals surface area contributed by atoms with Gasteiger partial charge in [-0.1, -0.05) is 35.3 Å². The largest absolute Gasteiger partial charge is 0.465 e. The number of Topliss-reactive ketones (excluding diaryl/α,β-unsaturated/α-hetero) is 1. The van der Waals surface area contributed by atoms with Gasteiger partial charge in [-0.25, -0.2) is 4.79 Å². The molecular formula is C18H11Cl2NO3. The summed E-state index contributed by atoms with van der Waals surface area (Å²) < 4.78 is 4.61. The van der Waals surface area contributed by atoms with Crippen molar-refractivity contribution in [1.82, 2.24) is 0 Å². The zero-order valence-electron chi connectivity index (χ0n) is 12.5. The Morgan fingerprint density at radius 2 is 1.79 bits per heavy atom. The van der Waals surface area contributed by atoms with Gasteiger partial charge in [0.1, 0.15) is 11.6 Å². The van der Waals surface area contributed by atoms with Crippen LogP contribution in [0.5, 0.6) is 0 Å². The Morgan fingerprint density at radius 1 is 1.12 bits per heavy atom. The molecular weight excluding hydrogens is 349 g/mol. The molecule has 0 aliphatic heterocycles. The first-order valence-electron chi connectivity index (χ1n) is 6.76. The summed E-state index contributed by atoms with van der Waals surface area (Å²) in [7, 11) is 1.29. The smallest absolute Gasteiger partial charge is 0.337 e. The molecule has 6 heteroatoms. The number of ether oxygens (including phenoxy) is 1. The predicted octanol–water partition coefficient (Wildman–Crippen LogP) is 4.57. The van der Waals surface area contributed by atoms with Gasteiger partial charge >= 0.3 is 5.97 Å². The van der Waals surface area contributed by atoms with E-state index in [0.717, 1.165) is 0 Å². The van der Waals surface area contributed by atoms with Gasteiger partial charge in [0.05, 0.1) is 17.7 Å². The Labute approximate surface area is 148 Å². The Morgan fingerprint density at radius 3 is 2.33 bits per heavy atom. The molecule has 0 unspecified atom stereocenters. The van der Waals surface area contributed by atoms with Crippen LogP contribution in [0.15, 0.2) is 48.0 Å². The predicted molar refractivity (Wildman–Crippen MR) is 92.2 cm³/mol. The highest BCUT2D eigenvalue weighted by Crippen LogP contribution is 2.24. The first-order chi connectivity index (χ1) is 11.5. The lowest BCUT2D eigenvalue weighted by Gasteiger charge is -2.04. The van der Waals surface area contributed by atoms with E-state index in [2.05, 4.69) is 4.74 Å². The van der Waals surface area contributed by atoms with Crippen molar-refractivity contribution in [2.45, 2.75) is 0 Å². The van der Waals surface area contributed by atoms with Crippen molar-refractivity contribution in [1.29, 1.82) is 5.26 Å². The van der Waals surface area contributed by atoms with E-state index in [9.17, 15) is 14.9 Å². The van der Waals surface area contributed by atoms with Gasteiger partial charge in [0.25, 0.3) is 0 Å². The third-order valence-electron chi connectivity index (χ3n) is 3.18. The molecule has 4 nitrogen and oxygen atoms in total. The second kappa shape index (κ2) is 7.78. The molecule has 0 radical (unpaired) electrons. The van der Waals surface area contributed by atoms with Crippen LogP contribution in [0.2, 0.25) is 10.0 Å². The number of halogens is 2. The molecule has 2 aromatic carbocycles. The van der Waals surface area contributed by atoms with E-state index in [1.54, 1.807) is 24.3 Å². The molecule has 0 aromatic heterocycles. The first-order valence-corrected chi connectivity index (χ1v) is 7.51. The van der Waals surface area contributed by atoms with Gasteiger partial charge < -0.3 is 4.74 Å². The standard InChI is InChI=1S/C18H11Cl2NO3/c1-24-18(23)12-4-2-11(3-5-12)8-13(10-21)17(22)15-7-6-14(19)9-16(15)20/h2-9H,1H3/b13-8+. The fourth-order valence-electron chi connectivity index (χ4n) is 1.97. The molecule has 2 rings (SSSR count). The van der Waals surface area contributed by atoms with E-state index in [1.807, 2.05) is 6.07 Å². The van der Waals surface area contributed by atoms with Crippen molar-refractivity contribution in [2.24, 2.45) is 0 Å². The second-order valence-electron chi connectivity index (χ2n) is 4.74. The van der Waals surface area contributed by atoms with Crippen molar-refractivity contribution >= 4 is 41.0 Å². The van der Waals surface area contributed by atoms with Gasteiger partial charge in [-0.3, -0.25) is 4.79 Å². The van der Waals surface area contributed by atoms with Crippen LogP contribution in [0.1, 0.15) is 26.3 Å². The number of allylic oxidation sites excluding steroid dienone is 1. The van der Waals surface area contributed by atoms with E-state index in [-0.39, 0.29) is 16.2 Å². The number of hydrogen-bond donors (Lipinski definition) is 0. The summed E-state index contributed by atoms with van der Waals surface area (Å²) in [5.41, 5.74) is 1.09. The number of rotatable bonds is 4. The van der Waals surface area contributed by atoms with Crippen molar-refractivity contribution < 1.29 is 14.3 Å². The maximum absolute atomic E-state index is 12.4. The van der Waals surface area contributed by atoms with Gasteiger partial charge in [-0.2, -0.15) is 5.26 Å².